The Labute approximate surface area is 138 Å². The fraction of sp³-hybridized carbons (Fsp3) is 0.611. The molecule has 0 spiro atoms. The van der Waals surface area contributed by atoms with Crippen LogP contribution in [0.15, 0.2) is 30.3 Å². The van der Waals surface area contributed by atoms with E-state index in [0.717, 1.165) is 19.4 Å². The van der Waals surface area contributed by atoms with Crippen LogP contribution in [0.5, 0.6) is 0 Å². The second-order valence-electron chi connectivity index (χ2n) is 6.55. The van der Waals surface area contributed by atoms with Crippen LogP contribution in [0.2, 0.25) is 0 Å². The smallest absolute Gasteiger partial charge is 0.225 e. The van der Waals surface area contributed by atoms with E-state index in [2.05, 4.69) is 12.1 Å². The summed E-state index contributed by atoms with van der Waals surface area (Å²) in [6, 6.07) is 10.1. The summed E-state index contributed by atoms with van der Waals surface area (Å²) in [7, 11) is 1.95. The van der Waals surface area contributed by atoms with E-state index < -0.39 is 6.10 Å². The number of likely N-dealkylation sites (N-methyl/N-ethyl adjacent to an activating group) is 1. The Morgan fingerprint density at radius 1 is 1.30 bits per heavy atom. The standard InChI is InChI=1S/C18H28N2O3/c1-19(12-15-5-3-2-4-6-15)13-17(22)11-18(23)20-9-7-16(14-21)8-10-20/h2-6,16-17,21-22H,7-14H2,1H3. The lowest BCUT2D eigenvalue weighted by Crippen LogP contribution is -2.41. The summed E-state index contributed by atoms with van der Waals surface area (Å²) in [5, 5.41) is 19.3. The van der Waals surface area contributed by atoms with Crippen LogP contribution in [0.4, 0.5) is 0 Å². The maximum absolute atomic E-state index is 12.2. The van der Waals surface area contributed by atoms with Crippen molar-refractivity contribution in [2.45, 2.75) is 31.9 Å². The number of carbonyl (C=O) groups excluding carboxylic acids is 1. The molecular formula is C18H28N2O3. The normalized spacial score (nSPS) is 17.5. The van der Waals surface area contributed by atoms with E-state index in [-0.39, 0.29) is 18.9 Å². The van der Waals surface area contributed by atoms with E-state index in [0.29, 0.717) is 25.6 Å². The Balaban J connectivity index is 1.71. The number of piperidine rings is 1. The number of aliphatic hydroxyl groups is 2. The third-order valence-electron chi connectivity index (χ3n) is 4.45. The Kier molecular flexibility index (Phi) is 7.02. The summed E-state index contributed by atoms with van der Waals surface area (Å²) >= 11 is 0. The van der Waals surface area contributed by atoms with Gasteiger partial charge in [0.25, 0.3) is 0 Å². The molecule has 1 aromatic rings. The Morgan fingerprint density at radius 3 is 2.57 bits per heavy atom. The molecule has 1 saturated heterocycles. The molecule has 23 heavy (non-hydrogen) atoms. The predicted molar refractivity (Wildman–Crippen MR) is 89.8 cm³/mol. The quantitative estimate of drug-likeness (QED) is 0.790. The predicted octanol–water partition coefficient (Wildman–Crippen LogP) is 1.10. The van der Waals surface area contributed by atoms with Crippen LogP contribution in [0.3, 0.4) is 0 Å². The summed E-state index contributed by atoms with van der Waals surface area (Å²) in [5.74, 6) is 0.336. The fourth-order valence-corrected chi connectivity index (χ4v) is 3.08. The molecule has 1 aliphatic rings. The molecule has 1 atom stereocenters. The van der Waals surface area contributed by atoms with Gasteiger partial charge in [-0.15, -0.1) is 0 Å². The van der Waals surface area contributed by atoms with Crippen LogP contribution in [0, 0.1) is 5.92 Å². The van der Waals surface area contributed by atoms with Crippen molar-refractivity contribution in [2.75, 3.05) is 33.3 Å². The summed E-state index contributed by atoms with van der Waals surface area (Å²) in [6.45, 7) is 2.82. The molecule has 0 saturated carbocycles. The van der Waals surface area contributed by atoms with Gasteiger partial charge in [0.15, 0.2) is 0 Å². The van der Waals surface area contributed by atoms with Crippen molar-refractivity contribution in [3.63, 3.8) is 0 Å². The fourth-order valence-electron chi connectivity index (χ4n) is 3.08. The second kappa shape index (κ2) is 9.01. The van der Waals surface area contributed by atoms with Crippen molar-refractivity contribution in [1.29, 1.82) is 0 Å². The van der Waals surface area contributed by atoms with Gasteiger partial charge >= 0.3 is 0 Å². The Morgan fingerprint density at radius 2 is 1.96 bits per heavy atom. The van der Waals surface area contributed by atoms with Gasteiger partial charge in [-0.1, -0.05) is 30.3 Å². The van der Waals surface area contributed by atoms with Crippen molar-refractivity contribution >= 4 is 5.91 Å². The topological polar surface area (TPSA) is 64.0 Å². The number of aliphatic hydroxyl groups excluding tert-OH is 2. The average molecular weight is 320 g/mol. The molecule has 5 nitrogen and oxygen atoms in total. The molecule has 5 heteroatoms. The number of amides is 1. The summed E-state index contributed by atoms with van der Waals surface area (Å²) in [6.07, 6.45) is 1.23. The van der Waals surface area contributed by atoms with E-state index in [1.54, 1.807) is 0 Å². The van der Waals surface area contributed by atoms with Crippen LogP contribution in [0.1, 0.15) is 24.8 Å². The molecule has 0 aromatic heterocycles. The maximum atomic E-state index is 12.2. The molecule has 1 aromatic carbocycles. The van der Waals surface area contributed by atoms with Gasteiger partial charge in [-0.3, -0.25) is 9.69 Å². The average Bonchev–Trinajstić information content (AvgIpc) is 2.55. The van der Waals surface area contributed by atoms with Crippen molar-refractivity contribution in [2.24, 2.45) is 5.92 Å². The second-order valence-corrected chi connectivity index (χ2v) is 6.55. The van der Waals surface area contributed by atoms with E-state index in [1.807, 2.05) is 35.0 Å². The molecule has 2 N–H and O–H groups in total. The molecule has 1 heterocycles. The Hall–Kier alpha value is -1.43. The highest BCUT2D eigenvalue weighted by molar-refractivity contribution is 5.76. The molecule has 1 unspecified atom stereocenters. The number of carbonyl (C=O) groups is 1. The molecule has 2 rings (SSSR count). The third kappa shape index (κ3) is 5.94. The minimum Gasteiger partial charge on any atom is -0.396 e. The minimum absolute atomic E-state index is 0.0157. The number of rotatable bonds is 7. The highest BCUT2D eigenvalue weighted by atomic mass is 16.3. The summed E-state index contributed by atoms with van der Waals surface area (Å²) < 4.78 is 0. The molecule has 1 aliphatic heterocycles. The molecule has 1 amide bonds. The van der Waals surface area contributed by atoms with Gasteiger partial charge < -0.3 is 15.1 Å². The van der Waals surface area contributed by atoms with E-state index in [9.17, 15) is 9.90 Å². The van der Waals surface area contributed by atoms with Gasteiger partial charge in [-0.25, -0.2) is 0 Å². The SMILES string of the molecule is CN(Cc1ccccc1)CC(O)CC(=O)N1CCC(CO)CC1. The number of likely N-dealkylation sites (tertiary alicyclic amines) is 1. The largest absolute Gasteiger partial charge is 0.396 e. The lowest BCUT2D eigenvalue weighted by Gasteiger charge is -2.32. The Bertz CT molecular complexity index is 472. The zero-order valence-corrected chi connectivity index (χ0v) is 13.9. The van der Waals surface area contributed by atoms with Gasteiger partial charge in [0.1, 0.15) is 0 Å². The van der Waals surface area contributed by atoms with Crippen molar-refractivity contribution in [1.82, 2.24) is 9.80 Å². The van der Waals surface area contributed by atoms with Crippen molar-refractivity contribution < 1.29 is 15.0 Å². The summed E-state index contributed by atoms with van der Waals surface area (Å²) in [5.41, 5.74) is 1.19. The van der Waals surface area contributed by atoms with Gasteiger partial charge in [-0.05, 0) is 31.4 Å². The van der Waals surface area contributed by atoms with Gasteiger partial charge in [0.05, 0.1) is 12.5 Å². The van der Waals surface area contributed by atoms with Crippen molar-refractivity contribution in [3.05, 3.63) is 35.9 Å². The number of hydrogen-bond acceptors (Lipinski definition) is 4. The summed E-state index contributed by atoms with van der Waals surface area (Å²) in [4.78, 5) is 16.1. The molecule has 0 radical (unpaired) electrons. The first-order valence-corrected chi connectivity index (χ1v) is 8.37. The number of benzene rings is 1. The zero-order chi connectivity index (χ0) is 16.7. The van der Waals surface area contributed by atoms with Crippen molar-refractivity contribution in [3.8, 4) is 0 Å². The van der Waals surface area contributed by atoms with Crippen LogP contribution in [-0.2, 0) is 11.3 Å². The van der Waals surface area contributed by atoms with Gasteiger partial charge in [-0.2, -0.15) is 0 Å². The molecular weight excluding hydrogens is 292 g/mol. The van der Waals surface area contributed by atoms with Crippen LogP contribution >= 0.6 is 0 Å². The number of hydrogen-bond donors (Lipinski definition) is 2. The maximum Gasteiger partial charge on any atom is 0.225 e. The van der Waals surface area contributed by atoms with E-state index in [4.69, 9.17) is 5.11 Å². The van der Waals surface area contributed by atoms with E-state index >= 15 is 0 Å². The molecule has 0 aliphatic carbocycles. The van der Waals surface area contributed by atoms with Gasteiger partial charge in [0.2, 0.25) is 5.91 Å². The van der Waals surface area contributed by atoms with Crippen LogP contribution < -0.4 is 0 Å². The van der Waals surface area contributed by atoms with Gasteiger partial charge in [0, 0.05) is 32.8 Å². The minimum atomic E-state index is -0.647. The third-order valence-corrected chi connectivity index (χ3v) is 4.45. The number of nitrogens with zero attached hydrogens (tertiary/aromatic N) is 2. The lowest BCUT2D eigenvalue weighted by atomic mass is 9.97. The first-order valence-electron chi connectivity index (χ1n) is 8.37. The zero-order valence-electron chi connectivity index (χ0n) is 13.9. The first kappa shape index (κ1) is 17.9. The molecule has 128 valence electrons. The monoisotopic (exact) mass is 320 g/mol. The lowest BCUT2D eigenvalue weighted by molar-refractivity contribution is -0.135. The van der Waals surface area contributed by atoms with Crippen LogP contribution in [0.25, 0.3) is 0 Å². The van der Waals surface area contributed by atoms with Crippen LogP contribution in [-0.4, -0.2) is 65.3 Å². The molecule has 0 bridgehead atoms. The molecule has 1 fully saturated rings. The van der Waals surface area contributed by atoms with E-state index in [1.165, 1.54) is 5.56 Å². The highest BCUT2D eigenvalue weighted by Crippen LogP contribution is 2.17. The first-order chi connectivity index (χ1) is 11.1. The highest BCUT2D eigenvalue weighted by Gasteiger charge is 2.24.